The van der Waals surface area contributed by atoms with Gasteiger partial charge in [-0.3, -0.25) is 4.79 Å². The van der Waals surface area contributed by atoms with Crippen molar-refractivity contribution < 1.29 is 4.79 Å². The van der Waals surface area contributed by atoms with E-state index in [9.17, 15) is 4.79 Å². The second-order valence-electron chi connectivity index (χ2n) is 4.41. The minimum Gasteiger partial charge on any atom is -0.383 e. The molecular formula is C16H18N2O. The first-order valence-electron chi connectivity index (χ1n) is 6.39. The molecule has 0 aliphatic carbocycles. The van der Waals surface area contributed by atoms with Gasteiger partial charge in [-0.15, -0.1) is 0 Å². The van der Waals surface area contributed by atoms with E-state index < -0.39 is 0 Å². The summed E-state index contributed by atoms with van der Waals surface area (Å²) in [6, 6.07) is 17.5. The highest BCUT2D eigenvalue weighted by molar-refractivity contribution is 5.94. The number of hydrogen-bond acceptors (Lipinski definition) is 2. The first kappa shape index (κ1) is 13.1. The zero-order valence-electron chi connectivity index (χ0n) is 11.0. The van der Waals surface area contributed by atoms with E-state index in [4.69, 9.17) is 0 Å². The Hall–Kier alpha value is -2.29. The number of hydrogen-bond donors (Lipinski definition) is 2. The Morgan fingerprint density at radius 2 is 1.63 bits per heavy atom. The van der Waals surface area contributed by atoms with E-state index in [1.54, 1.807) is 0 Å². The maximum atomic E-state index is 11.8. The van der Waals surface area contributed by atoms with Gasteiger partial charge in [0.2, 0.25) is 0 Å². The number of carbonyl (C=O) groups is 1. The van der Waals surface area contributed by atoms with Crippen molar-refractivity contribution in [2.45, 2.75) is 6.92 Å². The highest BCUT2D eigenvalue weighted by Crippen LogP contribution is 2.04. The number of nitrogens with one attached hydrogen (secondary N) is 2. The summed E-state index contributed by atoms with van der Waals surface area (Å²) < 4.78 is 0. The molecule has 19 heavy (non-hydrogen) atoms. The maximum absolute atomic E-state index is 11.8. The second-order valence-corrected chi connectivity index (χ2v) is 4.41. The summed E-state index contributed by atoms with van der Waals surface area (Å²) in [5.41, 5.74) is 2.92. The predicted molar refractivity (Wildman–Crippen MR) is 78.4 cm³/mol. The monoisotopic (exact) mass is 254 g/mol. The molecule has 0 saturated carbocycles. The fourth-order valence-electron chi connectivity index (χ4n) is 1.75. The Morgan fingerprint density at radius 1 is 0.947 bits per heavy atom. The molecule has 0 atom stereocenters. The maximum Gasteiger partial charge on any atom is 0.251 e. The van der Waals surface area contributed by atoms with Gasteiger partial charge in [0, 0.05) is 24.3 Å². The van der Waals surface area contributed by atoms with Crippen LogP contribution in [0.15, 0.2) is 54.6 Å². The summed E-state index contributed by atoms with van der Waals surface area (Å²) in [5.74, 6) is -0.0325. The van der Waals surface area contributed by atoms with Crippen LogP contribution in [0.2, 0.25) is 0 Å². The van der Waals surface area contributed by atoms with E-state index >= 15 is 0 Å². The predicted octanol–water partition coefficient (Wildman–Crippen LogP) is 2.84. The van der Waals surface area contributed by atoms with Crippen LogP contribution >= 0.6 is 0 Å². The van der Waals surface area contributed by atoms with Gasteiger partial charge in [-0.05, 0) is 31.2 Å². The third kappa shape index (κ3) is 4.14. The van der Waals surface area contributed by atoms with Crippen LogP contribution in [-0.4, -0.2) is 19.0 Å². The fourth-order valence-corrected chi connectivity index (χ4v) is 1.75. The molecule has 3 heteroatoms. The van der Waals surface area contributed by atoms with E-state index in [2.05, 4.69) is 10.6 Å². The summed E-state index contributed by atoms with van der Waals surface area (Å²) in [7, 11) is 0. The van der Waals surface area contributed by atoms with Crippen molar-refractivity contribution in [3.05, 3.63) is 65.7 Å². The topological polar surface area (TPSA) is 41.1 Å². The van der Waals surface area contributed by atoms with Gasteiger partial charge >= 0.3 is 0 Å². The highest BCUT2D eigenvalue weighted by atomic mass is 16.1. The van der Waals surface area contributed by atoms with Gasteiger partial charge in [0.25, 0.3) is 5.91 Å². The standard InChI is InChI=1S/C16H18N2O/c1-13-7-9-14(10-8-13)16(19)18-12-11-17-15-5-3-2-4-6-15/h2-10,17H,11-12H2,1H3,(H,18,19). The van der Waals surface area contributed by atoms with Crippen molar-refractivity contribution >= 4 is 11.6 Å². The van der Waals surface area contributed by atoms with Gasteiger partial charge in [0.05, 0.1) is 0 Å². The molecule has 2 aromatic carbocycles. The molecule has 0 unspecified atom stereocenters. The minimum atomic E-state index is -0.0325. The number of carbonyl (C=O) groups excluding carboxylic acids is 1. The van der Waals surface area contributed by atoms with Gasteiger partial charge in [-0.1, -0.05) is 35.9 Å². The largest absolute Gasteiger partial charge is 0.383 e. The van der Waals surface area contributed by atoms with E-state index in [0.29, 0.717) is 18.7 Å². The van der Waals surface area contributed by atoms with Gasteiger partial charge in [0.15, 0.2) is 0 Å². The van der Waals surface area contributed by atoms with Crippen LogP contribution in [0, 0.1) is 6.92 Å². The number of benzene rings is 2. The van der Waals surface area contributed by atoms with E-state index in [0.717, 1.165) is 11.3 Å². The smallest absolute Gasteiger partial charge is 0.251 e. The molecule has 3 nitrogen and oxygen atoms in total. The Kier molecular flexibility index (Phi) is 4.56. The first-order valence-corrected chi connectivity index (χ1v) is 6.39. The van der Waals surface area contributed by atoms with Crippen molar-refractivity contribution in [3.63, 3.8) is 0 Å². The quantitative estimate of drug-likeness (QED) is 0.806. The summed E-state index contributed by atoms with van der Waals surface area (Å²) in [6.07, 6.45) is 0. The zero-order valence-corrected chi connectivity index (χ0v) is 11.0. The van der Waals surface area contributed by atoms with E-state index in [1.165, 1.54) is 0 Å². The van der Waals surface area contributed by atoms with Crippen LogP contribution in [0.5, 0.6) is 0 Å². The SMILES string of the molecule is Cc1ccc(C(=O)NCCNc2ccccc2)cc1. The lowest BCUT2D eigenvalue weighted by molar-refractivity contribution is 0.0955. The Bertz CT molecular complexity index is 520. The summed E-state index contributed by atoms with van der Waals surface area (Å²) in [4.78, 5) is 11.8. The highest BCUT2D eigenvalue weighted by Gasteiger charge is 2.03. The molecule has 98 valence electrons. The lowest BCUT2D eigenvalue weighted by atomic mass is 10.1. The van der Waals surface area contributed by atoms with Gasteiger partial charge in [0.1, 0.15) is 0 Å². The van der Waals surface area contributed by atoms with Crippen molar-refractivity contribution in [1.82, 2.24) is 5.32 Å². The molecule has 0 heterocycles. The lowest BCUT2D eigenvalue weighted by Gasteiger charge is -2.08. The van der Waals surface area contributed by atoms with Crippen molar-refractivity contribution in [1.29, 1.82) is 0 Å². The number of aryl methyl sites for hydroxylation is 1. The average molecular weight is 254 g/mol. The van der Waals surface area contributed by atoms with Crippen LogP contribution < -0.4 is 10.6 Å². The van der Waals surface area contributed by atoms with Crippen LogP contribution in [0.25, 0.3) is 0 Å². The van der Waals surface area contributed by atoms with Crippen LogP contribution in [-0.2, 0) is 0 Å². The molecule has 0 spiro atoms. The summed E-state index contributed by atoms with van der Waals surface area (Å²) in [6.45, 7) is 3.31. The van der Waals surface area contributed by atoms with Crippen molar-refractivity contribution in [2.75, 3.05) is 18.4 Å². The van der Waals surface area contributed by atoms with E-state index in [1.807, 2.05) is 61.5 Å². The molecule has 0 saturated heterocycles. The normalized spacial score (nSPS) is 9.95. The van der Waals surface area contributed by atoms with Crippen LogP contribution in [0.3, 0.4) is 0 Å². The fraction of sp³-hybridized carbons (Fsp3) is 0.188. The third-order valence-electron chi connectivity index (χ3n) is 2.83. The number of para-hydroxylation sites is 1. The summed E-state index contributed by atoms with van der Waals surface area (Å²) >= 11 is 0. The third-order valence-corrected chi connectivity index (χ3v) is 2.83. The molecule has 0 aromatic heterocycles. The second kappa shape index (κ2) is 6.59. The van der Waals surface area contributed by atoms with E-state index in [-0.39, 0.29) is 5.91 Å². The molecular weight excluding hydrogens is 236 g/mol. The van der Waals surface area contributed by atoms with Crippen LogP contribution in [0.4, 0.5) is 5.69 Å². The number of anilines is 1. The van der Waals surface area contributed by atoms with Gasteiger partial charge in [-0.25, -0.2) is 0 Å². The van der Waals surface area contributed by atoms with Crippen molar-refractivity contribution in [3.8, 4) is 0 Å². The Morgan fingerprint density at radius 3 is 2.32 bits per heavy atom. The molecule has 0 fully saturated rings. The number of rotatable bonds is 5. The first-order chi connectivity index (χ1) is 9.25. The minimum absolute atomic E-state index is 0.0325. The van der Waals surface area contributed by atoms with Crippen molar-refractivity contribution in [2.24, 2.45) is 0 Å². The molecule has 2 aromatic rings. The summed E-state index contributed by atoms with van der Waals surface area (Å²) in [5, 5.41) is 6.13. The Labute approximate surface area is 113 Å². The number of amides is 1. The lowest BCUT2D eigenvalue weighted by Crippen LogP contribution is -2.28. The Balaban J connectivity index is 1.74. The zero-order chi connectivity index (χ0) is 13.5. The molecule has 0 aliphatic heterocycles. The van der Waals surface area contributed by atoms with Gasteiger partial charge < -0.3 is 10.6 Å². The molecule has 0 bridgehead atoms. The molecule has 1 amide bonds. The molecule has 2 rings (SSSR count). The molecule has 0 radical (unpaired) electrons. The molecule has 0 aliphatic rings. The van der Waals surface area contributed by atoms with Crippen LogP contribution in [0.1, 0.15) is 15.9 Å². The van der Waals surface area contributed by atoms with Gasteiger partial charge in [-0.2, -0.15) is 0 Å². The average Bonchev–Trinajstić information content (AvgIpc) is 2.45. The molecule has 2 N–H and O–H groups in total.